The minimum absolute atomic E-state index is 0.0300. The molecule has 1 aromatic carbocycles. The fraction of sp³-hybridized carbons (Fsp3) is 0.587. The summed E-state index contributed by atoms with van der Waals surface area (Å²) >= 11 is 0. The molecular formula is C46H67N9O16. The smallest absolute Gasteiger partial charge is 0.326 e. The number of urea groups is 1. The van der Waals surface area contributed by atoms with Crippen LogP contribution in [0.5, 0.6) is 0 Å². The van der Waals surface area contributed by atoms with E-state index >= 15 is 0 Å². The number of nitrogens with one attached hydrogen (secondary N) is 3. The standard InChI is InChI=1S/C46H67N9O16/c56-28-27-51-19-20-52(30-41(61)62)21-22-53(31-42(63)64)24-26-54(25-23-51)37(45(69)70)12-13-38(57)48-16-5-3-10-39(58)55(29-36-33-8-2-1-7-32(33)15-17-47-36)18-6-4-9-34(43(65)66)49-46(71)50-35(44(67)68)11-14-40(59)60/h1-2,7-8,15,17,28,34-35,37H,3-6,9-14,16,18-27,29-31H2,(H,48,57)(H,59,60)(H,61,62)(H,63,64)(H,65,66)(H,67,68)(H,69,70)(H2,49,50,71)/t34-,35?,37?/m0/s1. The molecule has 1 aliphatic rings. The average molecular weight is 1000 g/mol. The molecule has 1 aliphatic heterocycles. The average Bonchev–Trinajstić information content (AvgIpc) is 3.30. The van der Waals surface area contributed by atoms with Gasteiger partial charge >= 0.3 is 41.8 Å². The molecule has 1 saturated heterocycles. The van der Waals surface area contributed by atoms with Crippen molar-refractivity contribution in [1.82, 2.24) is 45.4 Å². The van der Waals surface area contributed by atoms with Crippen molar-refractivity contribution >= 4 is 70.7 Å². The van der Waals surface area contributed by atoms with E-state index in [2.05, 4.69) is 20.9 Å². The fourth-order valence-corrected chi connectivity index (χ4v) is 8.03. The summed E-state index contributed by atoms with van der Waals surface area (Å²) in [7, 11) is 0. The number of benzene rings is 1. The van der Waals surface area contributed by atoms with Crippen LogP contribution in [-0.2, 0) is 49.7 Å². The molecule has 3 rings (SSSR count). The van der Waals surface area contributed by atoms with Crippen LogP contribution in [0.2, 0.25) is 0 Å². The summed E-state index contributed by atoms with van der Waals surface area (Å²) in [5.41, 5.74) is 0.633. The van der Waals surface area contributed by atoms with Crippen LogP contribution >= 0.6 is 0 Å². The number of carbonyl (C=O) groups is 10. The number of hydrogen-bond donors (Lipinski definition) is 9. The number of aromatic nitrogens is 1. The Morgan fingerprint density at radius 3 is 1.82 bits per heavy atom. The number of carboxylic acid groups (broad SMARTS) is 6. The minimum atomic E-state index is -1.56. The lowest BCUT2D eigenvalue weighted by molar-refractivity contribution is -0.145. The van der Waals surface area contributed by atoms with Crippen LogP contribution in [0.25, 0.3) is 10.8 Å². The zero-order valence-corrected chi connectivity index (χ0v) is 39.7. The number of rotatable bonds is 30. The van der Waals surface area contributed by atoms with Crippen LogP contribution in [0.15, 0.2) is 36.5 Å². The first-order valence-corrected chi connectivity index (χ1v) is 23.5. The Kier molecular flexibility index (Phi) is 25.9. The quantitative estimate of drug-likeness (QED) is 0.0365. The van der Waals surface area contributed by atoms with Crippen LogP contribution < -0.4 is 16.0 Å². The van der Waals surface area contributed by atoms with Crippen molar-refractivity contribution in [2.45, 2.75) is 88.9 Å². The van der Waals surface area contributed by atoms with Gasteiger partial charge < -0.3 is 56.3 Å². The Hall–Kier alpha value is -6.83. The molecule has 4 amide bonds. The lowest BCUT2D eigenvalue weighted by atomic mass is 10.1. The van der Waals surface area contributed by atoms with E-state index in [0.717, 1.165) is 10.8 Å². The second-order valence-electron chi connectivity index (χ2n) is 17.2. The summed E-state index contributed by atoms with van der Waals surface area (Å²) in [5, 5.41) is 66.1. The van der Waals surface area contributed by atoms with Gasteiger partial charge in [0.15, 0.2) is 0 Å². The minimum Gasteiger partial charge on any atom is -0.481 e. The highest BCUT2D eigenvalue weighted by Gasteiger charge is 2.29. The predicted octanol–water partition coefficient (Wildman–Crippen LogP) is -0.0863. The molecule has 2 heterocycles. The summed E-state index contributed by atoms with van der Waals surface area (Å²) in [5.74, 6) is -8.13. The third-order valence-corrected chi connectivity index (χ3v) is 11.9. The van der Waals surface area contributed by atoms with E-state index in [4.69, 9.17) is 5.11 Å². The molecule has 0 radical (unpaired) electrons. The third-order valence-electron chi connectivity index (χ3n) is 11.9. The number of unbranched alkanes of at least 4 members (excludes halogenated alkanes) is 2. The third kappa shape index (κ3) is 22.6. The second kappa shape index (κ2) is 31.4. The number of carbonyl (C=O) groups excluding carboxylic acids is 4. The largest absolute Gasteiger partial charge is 0.481 e. The molecule has 392 valence electrons. The van der Waals surface area contributed by atoms with Gasteiger partial charge in [0.1, 0.15) is 24.4 Å². The van der Waals surface area contributed by atoms with E-state index in [1.165, 1.54) is 0 Å². The lowest BCUT2D eigenvalue weighted by Crippen LogP contribution is -2.51. The molecule has 1 fully saturated rings. The topological polar surface area (TPSA) is 357 Å². The van der Waals surface area contributed by atoms with E-state index in [1.807, 2.05) is 30.3 Å². The molecular weight excluding hydrogens is 935 g/mol. The van der Waals surface area contributed by atoms with Gasteiger partial charge in [-0.2, -0.15) is 0 Å². The Labute approximate surface area is 410 Å². The molecule has 0 bridgehead atoms. The molecule has 25 heteroatoms. The van der Waals surface area contributed by atoms with Crippen LogP contribution in [-0.4, -0.2) is 223 Å². The van der Waals surface area contributed by atoms with Gasteiger partial charge in [0.2, 0.25) is 11.8 Å². The van der Waals surface area contributed by atoms with E-state index < -0.39 is 78.7 Å². The SMILES string of the molecule is O=CCN1CCN(CC(=O)O)CCN(CC(=O)O)CCN(C(CCC(=O)NCCCCC(=O)N(CCCC[C@H](NC(=O)NC(CCC(=O)O)C(=O)O)C(=O)O)Cc2nccc3ccccc23)C(=O)O)CC1. The lowest BCUT2D eigenvalue weighted by Gasteiger charge is -2.35. The maximum Gasteiger partial charge on any atom is 0.326 e. The summed E-state index contributed by atoms with van der Waals surface area (Å²) in [6.07, 6.45) is 2.47. The molecule has 25 nitrogen and oxygen atoms in total. The molecule has 0 spiro atoms. The highest BCUT2D eigenvalue weighted by molar-refractivity contribution is 5.87. The van der Waals surface area contributed by atoms with Crippen molar-refractivity contribution in [3.05, 3.63) is 42.2 Å². The van der Waals surface area contributed by atoms with Crippen molar-refractivity contribution in [1.29, 1.82) is 0 Å². The van der Waals surface area contributed by atoms with Gasteiger partial charge in [0, 0.05) is 96.3 Å². The van der Waals surface area contributed by atoms with Gasteiger partial charge in [0.25, 0.3) is 0 Å². The second-order valence-corrected chi connectivity index (χ2v) is 17.2. The molecule has 2 unspecified atom stereocenters. The summed E-state index contributed by atoms with van der Waals surface area (Å²) in [6.45, 7) is 1.61. The van der Waals surface area contributed by atoms with Gasteiger partial charge in [-0.25, -0.2) is 14.4 Å². The number of nitrogens with zero attached hydrogens (tertiary/aromatic N) is 6. The molecule has 3 atom stereocenters. The molecule has 9 N–H and O–H groups in total. The van der Waals surface area contributed by atoms with Crippen molar-refractivity contribution in [3.63, 3.8) is 0 Å². The van der Waals surface area contributed by atoms with Crippen LogP contribution in [0.4, 0.5) is 4.79 Å². The number of carboxylic acids is 6. The number of fused-ring (bicyclic) bond motifs is 1. The maximum absolute atomic E-state index is 13.7. The first kappa shape index (κ1) is 58.5. The fourth-order valence-electron chi connectivity index (χ4n) is 8.03. The number of pyridine rings is 1. The van der Waals surface area contributed by atoms with Crippen LogP contribution in [0.3, 0.4) is 0 Å². The van der Waals surface area contributed by atoms with Gasteiger partial charge in [-0.05, 0) is 56.4 Å². The summed E-state index contributed by atoms with van der Waals surface area (Å²) < 4.78 is 0. The highest BCUT2D eigenvalue weighted by Crippen LogP contribution is 2.19. The zero-order chi connectivity index (χ0) is 52.3. The Morgan fingerprint density at radius 2 is 1.23 bits per heavy atom. The van der Waals surface area contributed by atoms with Gasteiger partial charge in [-0.1, -0.05) is 24.3 Å². The molecule has 1 aromatic heterocycles. The van der Waals surface area contributed by atoms with Crippen LogP contribution in [0.1, 0.15) is 69.9 Å². The number of hydrogen-bond acceptors (Lipinski definition) is 15. The number of aldehydes is 1. The summed E-state index contributed by atoms with van der Waals surface area (Å²) in [6, 6.07) is 4.14. The Morgan fingerprint density at radius 1 is 0.634 bits per heavy atom. The first-order valence-electron chi connectivity index (χ1n) is 23.5. The molecule has 0 aliphatic carbocycles. The van der Waals surface area contributed by atoms with E-state index in [-0.39, 0.29) is 123 Å². The molecule has 0 saturated carbocycles. The highest BCUT2D eigenvalue weighted by atomic mass is 16.4. The number of aliphatic carboxylic acids is 6. The first-order chi connectivity index (χ1) is 33.9. The molecule has 2 aromatic rings. The van der Waals surface area contributed by atoms with E-state index in [9.17, 15) is 73.5 Å². The van der Waals surface area contributed by atoms with Gasteiger partial charge in [-0.15, -0.1) is 0 Å². The molecule has 71 heavy (non-hydrogen) atoms. The summed E-state index contributed by atoms with van der Waals surface area (Å²) in [4.78, 5) is 134. The Balaban J connectivity index is 1.58. The normalized spacial score (nSPS) is 15.7. The predicted molar refractivity (Wildman–Crippen MR) is 252 cm³/mol. The number of amides is 4. The van der Waals surface area contributed by atoms with Crippen LogP contribution in [0, 0.1) is 0 Å². The van der Waals surface area contributed by atoms with E-state index in [0.29, 0.717) is 37.8 Å². The Bertz CT molecular complexity index is 2120. The maximum atomic E-state index is 13.7. The van der Waals surface area contributed by atoms with Crippen molar-refractivity contribution < 1.29 is 78.6 Å². The monoisotopic (exact) mass is 1000 g/mol. The van der Waals surface area contributed by atoms with Crippen molar-refractivity contribution in [2.75, 3.05) is 85.1 Å². The van der Waals surface area contributed by atoms with Gasteiger partial charge in [0.05, 0.1) is 31.9 Å². The van der Waals surface area contributed by atoms with E-state index in [1.54, 1.807) is 30.7 Å². The van der Waals surface area contributed by atoms with Crippen molar-refractivity contribution in [3.8, 4) is 0 Å². The zero-order valence-electron chi connectivity index (χ0n) is 39.7. The van der Waals surface area contributed by atoms with Gasteiger partial charge in [-0.3, -0.25) is 53.4 Å². The van der Waals surface area contributed by atoms with Crippen molar-refractivity contribution in [2.24, 2.45) is 0 Å².